The number of amides is 1. The van der Waals surface area contributed by atoms with Crippen molar-refractivity contribution in [2.75, 3.05) is 26.2 Å². The van der Waals surface area contributed by atoms with E-state index in [0.717, 1.165) is 64.2 Å². The van der Waals surface area contributed by atoms with Crippen LogP contribution < -0.4 is 0 Å². The Kier molecular flexibility index (Phi) is 5.05. The maximum Gasteiger partial charge on any atom is 0.222 e. The summed E-state index contributed by atoms with van der Waals surface area (Å²) in [6.45, 7) is 7.28. The van der Waals surface area contributed by atoms with Gasteiger partial charge in [-0.15, -0.1) is 0 Å². The van der Waals surface area contributed by atoms with E-state index in [2.05, 4.69) is 33.3 Å². The lowest BCUT2D eigenvalue weighted by molar-refractivity contribution is -0.139. The quantitative estimate of drug-likeness (QED) is 0.837. The summed E-state index contributed by atoms with van der Waals surface area (Å²) < 4.78 is 2.11. The van der Waals surface area contributed by atoms with Crippen molar-refractivity contribution < 1.29 is 4.79 Å². The minimum absolute atomic E-state index is 0.311. The number of likely N-dealkylation sites (tertiary alicyclic amines) is 2. The monoisotopic (exact) mass is 318 g/mol. The molecular formula is C18H30N4O. The molecule has 2 saturated heterocycles. The van der Waals surface area contributed by atoms with E-state index in [-0.39, 0.29) is 0 Å². The Morgan fingerprint density at radius 2 is 2.17 bits per heavy atom. The molecule has 3 heterocycles. The highest BCUT2D eigenvalue weighted by Gasteiger charge is 2.41. The second-order valence-corrected chi connectivity index (χ2v) is 7.44. The summed E-state index contributed by atoms with van der Waals surface area (Å²) in [6, 6.07) is 0. The third-order valence-corrected chi connectivity index (χ3v) is 5.56. The van der Waals surface area contributed by atoms with Gasteiger partial charge in [0.1, 0.15) is 5.82 Å². The summed E-state index contributed by atoms with van der Waals surface area (Å²) in [5, 5.41) is 0. The normalized spacial score (nSPS) is 26.2. The molecular weight excluding hydrogens is 288 g/mol. The van der Waals surface area contributed by atoms with Gasteiger partial charge in [-0.25, -0.2) is 4.98 Å². The van der Waals surface area contributed by atoms with Gasteiger partial charge in [0, 0.05) is 50.9 Å². The maximum atomic E-state index is 12.2. The Morgan fingerprint density at radius 3 is 2.91 bits per heavy atom. The first-order chi connectivity index (χ1) is 11.1. The van der Waals surface area contributed by atoms with Gasteiger partial charge in [-0.2, -0.15) is 0 Å². The van der Waals surface area contributed by atoms with Crippen molar-refractivity contribution in [3.05, 3.63) is 18.2 Å². The zero-order valence-corrected chi connectivity index (χ0v) is 14.6. The van der Waals surface area contributed by atoms with Crippen LogP contribution in [0.1, 0.15) is 51.3 Å². The Bertz CT molecular complexity index is 541. The molecule has 23 heavy (non-hydrogen) atoms. The smallest absolute Gasteiger partial charge is 0.222 e. The van der Waals surface area contributed by atoms with Gasteiger partial charge in [0.05, 0.1) is 6.54 Å². The van der Waals surface area contributed by atoms with E-state index in [0.29, 0.717) is 11.3 Å². The third-order valence-electron chi connectivity index (χ3n) is 5.56. The number of aromatic nitrogens is 2. The fourth-order valence-electron chi connectivity index (χ4n) is 4.18. The highest BCUT2D eigenvalue weighted by atomic mass is 16.2. The van der Waals surface area contributed by atoms with Crippen LogP contribution in [0.4, 0.5) is 0 Å². The van der Waals surface area contributed by atoms with Gasteiger partial charge < -0.3 is 9.47 Å². The molecule has 1 aromatic rings. The minimum atomic E-state index is 0.311. The number of piperidine rings is 2. The summed E-state index contributed by atoms with van der Waals surface area (Å²) in [6.07, 6.45) is 10.5. The van der Waals surface area contributed by atoms with Crippen LogP contribution >= 0.6 is 0 Å². The molecule has 3 rings (SSSR count). The summed E-state index contributed by atoms with van der Waals surface area (Å²) in [7, 11) is 2.06. The van der Waals surface area contributed by atoms with Gasteiger partial charge >= 0.3 is 0 Å². The molecule has 0 bridgehead atoms. The minimum Gasteiger partial charge on any atom is -0.342 e. The van der Waals surface area contributed by atoms with Crippen LogP contribution in [0.5, 0.6) is 0 Å². The average Bonchev–Trinajstić information content (AvgIpc) is 2.94. The molecule has 1 spiro atoms. The topological polar surface area (TPSA) is 41.4 Å². The Labute approximate surface area is 139 Å². The van der Waals surface area contributed by atoms with Gasteiger partial charge in [0.25, 0.3) is 0 Å². The van der Waals surface area contributed by atoms with Gasteiger partial charge in [-0.1, -0.05) is 13.3 Å². The first kappa shape index (κ1) is 16.5. The third kappa shape index (κ3) is 3.77. The van der Waals surface area contributed by atoms with Crippen LogP contribution in [0, 0.1) is 5.41 Å². The van der Waals surface area contributed by atoms with Crippen LogP contribution in [-0.2, 0) is 18.4 Å². The van der Waals surface area contributed by atoms with E-state index in [4.69, 9.17) is 0 Å². The molecule has 5 nitrogen and oxygen atoms in total. The molecule has 0 aromatic carbocycles. The van der Waals surface area contributed by atoms with Crippen LogP contribution in [0.25, 0.3) is 0 Å². The predicted octanol–water partition coefficient (Wildman–Crippen LogP) is 2.42. The van der Waals surface area contributed by atoms with Crippen LogP contribution in [0.3, 0.4) is 0 Å². The first-order valence-electron chi connectivity index (χ1n) is 9.08. The molecule has 1 unspecified atom stereocenters. The Balaban J connectivity index is 1.64. The van der Waals surface area contributed by atoms with Crippen molar-refractivity contribution in [3.8, 4) is 0 Å². The summed E-state index contributed by atoms with van der Waals surface area (Å²) in [4.78, 5) is 21.4. The lowest BCUT2D eigenvalue weighted by Crippen LogP contribution is -2.54. The Hall–Kier alpha value is -1.36. The lowest BCUT2D eigenvalue weighted by Gasteiger charge is -2.48. The molecule has 2 aliphatic heterocycles. The van der Waals surface area contributed by atoms with E-state index in [1.54, 1.807) is 0 Å². The largest absolute Gasteiger partial charge is 0.342 e. The number of nitrogens with zero attached hydrogens (tertiary/aromatic N) is 4. The van der Waals surface area contributed by atoms with Crippen molar-refractivity contribution in [1.29, 1.82) is 0 Å². The SMILES string of the molecule is CCCCN1CC2(CCCN(Cc3nccn3C)C2)CCC1=O. The van der Waals surface area contributed by atoms with E-state index in [1.807, 2.05) is 12.4 Å². The van der Waals surface area contributed by atoms with Gasteiger partial charge in [0.15, 0.2) is 0 Å². The zero-order chi connectivity index (χ0) is 16.3. The molecule has 0 aliphatic carbocycles. The molecule has 5 heteroatoms. The fourth-order valence-corrected chi connectivity index (χ4v) is 4.18. The van der Waals surface area contributed by atoms with Gasteiger partial charge in [-0.05, 0) is 32.2 Å². The van der Waals surface area contributed by atoms with E-state index in [9.17, 15) is 4.79 Å². The highest BCUT2D eigenvalue weighted by molar-refractivity contribution is 5.77. The number of hydrogen-bond donors (Lipinski definition) is 0. The van der Waals surface area contributed by atoms with Crippen molar-refractivity contribution in [3.63, 3.8) is 0 Å². The molecule has 0 radical (unpaired) electrons. The van der Waals surface area contributed by atoms with Crippen LogP contribution in [-0.4, -0.2) is 51.4 Å². The second-order valence-electron chi connectivity index (χ2n) is 7.44. The lowest BCUT2D eigenvalue weighted by atomic mass is 9.73. The molecule has 1 aromatic heterocycles. The molecule has 1 amide bonds. The van der Waals surface area contributed by atoms with E-state index >= 15 is 0 Å². The summed E-state index contributed by atoms with van der Waals surface area (Å²) in [5.41, 5.74) is 0.311. The van der Waals surface area contributed by atoms with E-state index in [1.165, 1.54) is 12.8 Å². The van der Waals surface area contributed by atoms with Crippen LogP contribution in [0.15, 0.2) is 12.4 Å². The van der Waals surface area contributed by atoms with Crippen molar-refractivity contribution in [1.82, 2.24) is 19.4 Å². The molecule has 2 aliphatic rings. The number of aryl methyl sites for hydroxylation is 1. The highest BCUT2D eigenvalue weighted by Crippen LogP contribution is 2.39. The number of rotatable bonds is 5. The number of carbonyl (C=O) groups is 1. The molecule has 0 saturated carbocycles. The van der Waals surface area contributed by atoms with Crippen molar-refractivity contribution >= 4 is 5.91 Å². The predicted molar refractivity (Wildman–Crippen MR) is 90.9 cm³/mol. The Morgan fingerprint density at radius 1 is 1.30 bits per heavy atom. The summed E-state index contributed by atoms with van der Waals surface area (Å²) in [5.74, 6) is 1.50. The van der Waals surface area contributed by atoms with Gasteiger partial charge in [-0.3, -0.25) is 9.69 Å². The second kappa shape index (κ2) is 7.04. The molecule has 0 N–H and O–H groups in total. The van der Waals surface area contributed by atoms with Crippen molar-refractivity contribution in [2.24, 2.45) is 12.5 Å². The van der Waals surface area contributed by atoms with Crippen molar-refractivity contribution in [2.45, 2.75) is 52.0 Å². The zero-order valence-electron chi connectivity index (χ0n) is 14.6. The number of imidazole rings is 1. The molecule has 1 atom stereocenters. The number of unbranched alkanes of at least 4 members (excludes halogenated alkanes) is 1. The molecule has 2 fully saturated rings. The average molecular weight is 318 g/mol. The standard InChI is InChI=1S/C18H30N4O/c1-3-4-11-22-15-18(8-6-17(22)23)7-5-10-21(14-18)13-16-19-9-12-20(16)2/h9,12H,3-8,10-11,13-15H2,1-2H3. The fraction of sp³-hybridized carbons (Fsp3) is 0.778. The number of carbonyl (C=O) groups excluding carboxylic acids is 1. The summed E-state index contributed by atoms with van der Waals surface area (Å²) >= 11 is 0. The maximum absolute atomic E-state index is 12.2. The number of hydrogen-bond acceptors (Lipinski definition) is 3. The van der Waals surface area contributed by atoms with E-state index < -0.39 is 0 Å². The first-order valence-corrected chi connectivity index (χ1v) is 9.08. The molecule has 128 valence electrons. The van der Waals surface area contributed by atoms with Crippen LogP contribution in [0.2, 0.25) is 0 Å². The van der Waals surface area contributed by atoms with Gasteiger partial charge in [0.2, 0.25) is 5.91 Å².